The molecule has 0 aliphatic carbocycles. The number of pyridine rings is 1. The molecule has 0 saturated heterocycles. The van der Waals surface area contributed by atoms with E-state index in [1.165, 1.54) is 5.56 Å². The predicted octanol–water partition coefficient (Wildman–Crippen LogP) is 3.08. The topological polar surface area (TPSA) is 24.9 Å². The molecule has 0 spiro atoms. The fourth-order valence-corrected chi connectivity index (χ4v) is 2.04. The molecule has 2 aromatic rings. The summed E-state index contributed by atoms with van der Waals surface area (Å²) >= 11 is 0. The summed E-state index contributed by atoms with van der Waals surface area (Å²) in [6.07, 6.45) is 3.70. The van der Waals surface area contributed by atoms with E-state index in [1.807, 2.05) is 31.5 Å². The largest absolute Gasteiger partial charge is 0.319 e. The van der Waals surface area contributed by atoms with Gasteiger partial charge in [-0.3, -0.25) is 4.98 Å². The third-order valence-corrected chi connectivity index (χ3v) is 3.03. The second-order valence-electron chi connectivity index (χ2n) is 4.24. The first kappa shape index (κ1) is 12.5. The summed E-state index contributed by atoms with van der Waals surface area (Å²) < 4.78 is 0. The second-order valence-corrected chi connectivity index (χ2v) is 4.24. The highest BCUT2D eigenvalue weighted by atomic mass is 14.8. The van der Waals surface area contributed by atoms with Crippen LogP contribution in [0, 0.1) is 0 Å². The second kappa shape index (κ2) is 6.12. The summed E-state index contributed by atoms with van der Waals surface area (Å²) in [7, 11) is 1.97. The molecule has 2 rings (SSSR count). The summed E-state index contributed by atoms with van der Waals surface area (Å²) in [5, 5.41) is 3.23. The van der Waals surface area contributed by atoms with Crippen LogP contribution in [0.4, 0.5) is 0 Å². The molecular formula is C16H18N2. The maximum absolute atomic E-state index is 4.46. The lowest BCUT2D eigenvalue weighted by atomic mass is 9.94. The SMILES string of the molecule is C=Cc1ccc(C(CNC)c2ccccn2)cc1. The number of aromatic nitrogens is 1. The molecule has 0 amide bonds. The zero-order chi connectivity index (χ0) is 12.8. The van der Waals surface area contributed by atoms with Crippen molar-refractivity contribution >= 4 is 6.08 Å². The summed E-state index contributed by atoms with van der Waals surface area (Å²) in [5.41, 5.74) is 3.51. The third kappa shape index (κ3) is 2.84. The highest BCUT2D eigenvalue weighted by Gasteiger charge is 2.13. The van der Waals surface area contributed by atoms with Crippen molar-refractivity contribution in [3.8, 4) is 0 Å². The molecule has 1 heterocycles. The summed E-state index contributed by atoms with van der Waals surface area (Å²) in [6, 6.07) is 14.5. The molecular weight excluding hydrogens is 220 g/mol. The number of likely N-dealkylation sites (N-methyl/N-ethyl adjacent to an activating group) is 1. The first-order valence-electron chi connectivity index (χ1n) is 6.13. The van der Waals surface area contributed by atoms with Crippen LogP contribution in [-0.2, 0) is 0 Å². The van der Waals surface area contributed by atoms with Crippen LogP contribution in [0.2, 0.25) is 0 Å². The van der Waals surface area contributed by atoms with E-state index >= 15 is 0 Å². The average Bonchev–Trinajstić information content (AvgIpc) is 2.46. The molecule has 1 aromatic carbocycles. The number of rotatable bonds is 5. The molecule has 1 N–H and O–H groups in total. The van der Waals surface area contributed by atoms with Gasteiger partial charge in [0.1, 0.15) is 0 Å². The fraction of sp³-hybridized carbons (Fsp3) is 0.188. The third-order valence-electron chi connectivity index (χ3n) is 3.03. The summed E-state index contributed by atoms with van der Waals surface area (Å²) in [5.74, 6) is 0.287. The van der Waals surface area contributed by atoms with Crippen molar-refractivity contribution in [1.82, 2.24) is 10.3 Å². The average molecular weight is 238 g/mol. The molecule has 1 atom stereocenters. The summed E-state index contributed by atoms with van der Waals surface area (Å²) in [6.45, 7) is 4.65. The molecule has 1 unspecified atom stereocenters. The lowest BCUT2D eigenvalue weighted by Gasteiger charge is -2.16. The molecule has 2 nitrogen and oxygen atoms in total. The monoisotopic (exact) mass is 238 g/mol. The van der Waals surface area contributed by atoms with Gasteiger partial charge in [0, 0.05) is 24.4 Å². The van der Waals surface area contributed by atoms with Crippen molar-refractivity contribution in [1.29, 1.82) is 0 Å². The maximum Gasteiger partial charge on any atom is 0.0491 e. The van der Waals surface area contributed by atoms with Gasteiger partial charge in [0.2, 0.25) is 0 Å². The molecule has 0 bridgehead atoms. The Labute approximate surface area is 108 Å². The Morgan fingerprint density at radius 1 is 1.22 bits per heavy atom. The van der Waals surface area contributed by atoms with Gasteiger partial charge in [-0.2, -0.15) is 0 Å². The Bertz CT molecular complexity index is 488. The standard InChI is InChI=1S/C16H18N2/c1-3-13-7-9-14(10-8-13)15(12-17-2)16-6-4-5-11-18-16/h3-11,15,17H,1,12H2,2H3. The van der Waals surface area contributed by atoms with Gasteiger partial charge < -0.3 is 5.32 Å². The quantitative estimate of drug-likeness (QED) is 0.866. The van der Waals surface area contributed by atoms with Crippen LogP contribution >= 0.6 is 0 Å². The minimum Gasteiger partial charge on any atom is -0.319 e. The van der Waals surface area contributed by atoms with E-state index in [-0.39, 0.29) is 5.92 Å². The molecule has 18 heavy (non-hydrogen) atoms. The molecule has 0 aliphatic rings. The van der Waals surface area contributed by atoms with Gasteiger partial charge in [0.15, 0.2) is 0 Å². The first-order valence-corrected chi connectivity index (χ1v) is 6.13. The van der Waals surface area contributed by atoms with Gasteiger partial charge in [0.25, 0.3) is 0 Å². The molecule has 0 fully saturated rings. The zero-order valence-electron chi connectivity index (χ0n) is 10.6. The minimum atomic E-state index is 0.287. The molecule has 0 saturated carbocycles. The minimum absolute atomic E-state index is 0.287. The van der Waals surface area contributed by atoms with E-state index in [9.17, 15) is 0 Å². The van der Waals surface area contributed by atoms with Crippen molar-refractivity contribution in [2.24, 2.45) is 0 Å². The van der Waals surface area contributed by atoms with Crippen LogP contribution in [0.5, 0.6) is 0 Å². The first-order chi connectivity index (χ1) is 8.85. The maximum atomic E-state index is 4.46. The lowest BCUT2D eigenvalue weighted by molar-refractivity contribution is 0.691. The van der Waals surface area contributed by atoms with Gasteiger partial charge in [-0.05, 0) is 30.3 Å². The van der Waals surface area contributed by atoms with Gasteiger partial charge in [-0.25, -0.2) is 0 Å². The van der Waals surface area contributed by atoms with Gasteiger partial charge >= 0.3 is 0 Å². The van der Waals surface area contributed by atoms with Crippen LogP contribution in [0.25, 0.3) is 6.08 Å². The van der Waals surface area contributed by atoms with Gasteiger partial charge in [-0.1, -0.05) is 43.0 Å². The van der Waals surface area contributed by atoms with E-state index in [0.717, 1.165) is 17.8 Å². The lowest BCUT2D eigenvalue weighted by Crippen LogP contribution is -2.19. The van der Waals surface area contributed by atoms with Crippen LogP contribution in [0.15, 0.2) is 55.2 Å². The Balaban J connectivity index is 2.32. The highest BCUT2D eigenvalue weighted by Crippen LogP contribution is 2.22. The van der Waals surface area contributed by atoms with Crippen molar-refractivity contribution < 1.29 is 0 Å². The molecule has 2 heteroatoms. The van der Waals surface area contributed by atoms with Crippen LogP contribution in [-0.4, -0.2) is 18.6 Å². The van der Waals surface area contributed by atoms with Gasteiger partial charge in [-0.15, -0.1) is 0 Å². The molecule has 0 radical (unpaired) electrons. The predicted molar refractivity (Wildman–Crippen MR) is 76.5 cm³/mol. The van der Waals surface area contributed by atoms with Crippen molar-refractivity contribution in [3.05, 3.63) is 72.1 Å². The Morgan fingerprint density at radius 3 is 2.56 bits per heavy atom. The Hall–Kier alpha value is -1.93. The zero-order valence-corrected chi connectivity index (χ0v) is 10.6. The summed E-state index contributed by atoms with van der Waals surface area (Å²) in [4.78, 5) is 4.46. The highest BCUT2D eigenvalue weighted by molar-refractivity contribution is 5.48. The van der Waals surface area contributed by atoms with E-state index in [1.54, 1.807) is 0 Å². The van der Waals surface area contributed by atoms with Crippen LogP contribution < -0.4 is 5.32 Å². The number of nitrogens with one attached hydrogen (secondary N) is 1. The number of hydrogen-bond donors (Lipinski definition) is 1. The molecule has 92 valence electrons. The van der Waals surface area contributed by atoms with Crippen LogP contribution in [0.3, 0.4) is 0 Å². The smallest absolute Gasteiger partial charge is 0.0491 e. The van der Waals surface area contributed by atoms with Crippen molar-refractivity contribution in [2.75, 3.05) is 13.6 Å². The van der Waals surface area contributed by atoms with Crippen LogP contribution in [0.1, 0.15) is 22.7 Å². The molecule has 0 aliphatic heterocycles. The normalized spacial score (nSPS) is 12.1. The number of hydrogen-bond acceptors (Lipinski definition) is 2. The fourth-order valence-electron chi connectivity index (χ4n) is 2.04. The molecule has 1 aromatic heterocycles. The number of nitrogens with zero attached hydrogens (tertiary/aromatic N) is 1. The van der Waals surface area contributed by atoms with E-state index < -0.39 is 0 Å². The Kier molecular flexibility index (Phi) is 4.26. The van der Waals surface area contributed by atoms with E-state index in [4.69, 9.17) is 0 Å². The van der Waals surface area contributed by atoms with E-state index in [2.05, 4.69) is 47.2 Å². The van der Waals surface area contributed by atoms with Gasteiger partial charge in [0.05, 0.1) is 0 Å². The Morgan fingerprint density at radius 2 is 2.00 bits per heavy atom. The van der Waals surface area contributed by atoms with Crippen molar-refractivity contribution in [3.63, 3.8) is 0 Å². The van der Waals surface area contributed by atoms with E-state index in [0.29, 0.717) is 0 Å². The number of benzene rings is 1. The van der Waals surface area contributed by atoms with Crippen molar-refractivity contribution in [2.45, 2.75) is 5.92 Å².